The predicted molar refractivity (Wildman–Crippen MR) is 80.4 cm³/mol. The fourth-order valence-corrected chi connectivity index (χ4v) is 2.17. The van der Waals surface area contributed by atoms with Gasteiger partial charge >= 0.3 is 0 Å². The number of aromatic nitrogens is 2. The Morgan fingerprint density at radius 2 is 2.04 bits per heavy atom. The van der Waals surface area contributed by atoms with Crippen LogP contribution >= 0.6 is 0 Å². The second kappa shape index (κ2) is 6.51. The summed E-state index contributed by atoms with van der Waals surface area (Å²) >= 11 is 0. The third kappa shape index (κ3) is 3.18. The van der Waals surface area contributed by atoms with Crippen LogP contribution in [0.5, 0.6) is 0 Å². The highest BCUT2D eigenvalue weighted by atomic mass is 16.5. The lowest BCUT2D eigenvalue weighted by Gasteiger charge is -2.20. The number of rotatable bonds is 6. The largest absolute Gasteiger partial charge is 0.461 e. The topological polar surface area (TPSA) is 94.3 Å². The van der Waals surface area contributed by atoms with E-state index in [0.29, 0.717) is 17.5 Å². The zero-order valence-corrected chi connectivity index (χ0v) is 12.9. The van der Waals surface area contributed by atoms with Gasteiger partial charge in [0.1, 0.15) is 6.04 Å². The Labute approximate surface area is 132 Å². The van der Waals surface area contributed by atoms with E-state index in [4.69, 9.17) is 13.4 Å². The van der Waals surface area contributed by atoms with Crippen LogP contribution in [0.4, 0.5) is 0 Å². The Balaban J connectivity index is 1.83. The van der Waals surface area contributed by atoms with Gasteiger partial charge in [-0.25, -0.2) is 0 Å². The van der Waals surface area contributed by atoms with Crippen molar-refractivity contribution in [1.82, 2.24) is 15.5 Å². The Morgan fingerprint density at radius 3 is 2.70 bits per heavy atom. The van der Waals surface area contributed by atoms with Crippen LogP contribution in [0, 0.1) is 5.92 Å². The van der Waals surface area contributed by atoms with Crippen molar-refractivity contribution in [3.63, 3.8) is 0 Å². The van der Waals surface area contributed by atoms with Gasteiger partial charge in [-0.2, -0.15) is 4.98 Å². The first-order chi connectivity index (χ1) is 11.2. The number of carbonyl (C=O) groups is 1. The summed E-state index contributed by atoms with van der Waals surface area (Å²) in [4.78, 5) is 16.6. The normalized spacial score (nSPS) is 13.7. The van der Waals surface area contributed by atoms with Gasteiger partial charge < -0.3 is 18.7 Å². The van der Waals surface area contributed by atoms with Gasteiger partial charge in [0.15, 0.2) is 11.5 Å². The molecule has 7 heteroatoms. The van der Waals surface area contributed by atoms with E-state index in [1.165, 1.54) is 12.5 Å². The molecule has 3 heterocycles. The van der Waals surface area contributed by atoms with Crippen molar-refractivity contribution in [2.75, 3.05) is 0 Å². The molecule has 3 aromatic rings. The molecule has 0 unspecified atom stereocenters. The summed E-state index contributed by atoms with van der Waals surface area (Å²) in [5.74, 6) is 1.23. The molecule has 0 saturated carbocycles. The number of hydrogen-bond donors (Lipinski definition) is 1. The van der Waals surface area contributed by atoms with E-state index >= 15 is 0 Å². The summed E-state index contributed by atoms with van der Waals surface area (Å²) < 4.78 is 15.7. The second-order valence-electron chi connectivity index (χ2n) is 5.25. The van der Waals surface area contributed by atoms with Crippen LogP contribution in [0.25, 0.3) is 11.6 Å². The summed E-state index contributed by atoms with van der Waals surface area (Å²) in [6.45, 7) is 4.03. The monoisotopic (exact) mass is 315 g/mol. The summed E-state index contributed by atoms with van der Waals surface area (Å²) in [5, 5.41) is 6.80. The third-order valence-corrected chi connectivity index (χ3v) is 3.69. The van der Waals surface area contributed by atoms with Crippen LogP contribution < -0.4 is 5.32 Å². The van der Waals surface area contributed by atoms with Gasteiger partial charge in [-0.3, -0.25) is 4.79 Å². The molecule has 0 aliphatic heterocycles. The van der Waals surface area contributed by atoms with Gasteiger partial charge in [0, 0.05) is 0 Å². The molecule has 2 atom stereocenters. The number of carbonyl (C=O) groups excluding carboxylic acids is 1. The minimum absolute atomic E-state index is 0.110. The molecule has 0 aliphatic carbocycles. The van der Waals surface area contributed by atoms with E-state index in [1.807, 2.05) is 13.8 Å². The van der Waals surface area contributed by atoms with Crippen LogP contribution in [0.2, 0.25) is 0 Å². The summed E-state index contributed by atoms with van der Waals surface area (Å²) in [5.41, 5.74) is 0. The van der Waals surface area contributed by atoms with Crippen LogP contribution in [0.15, 0.2) is 50.1 Å². The Hall–Kier alpha value is -2.83. The fraction of sp³-hybridized carbons (Fsp3) is 0.312. The number of nitrogens with zero attached hydrogens (tertiary/aromatic N) is 2. The quantitative estimate of drug-likeness (QED) is 0.748. The minimum atomic E-state index is -0.409. The average molecular weight is 315 g/mol. The first kappa shape index (κ1) is 15.1. The highest BCUT2D eigenvalue weighted by Crippen LogP contribution is 2.26. The molecule has 0 fully saturated rings. The molecule has 0 saturated heterocycles. The molecule has 0 spiro atoms. The molecular formula is C16H17N3O4. The lowest BCUT2D eigenvalue weighted by Crippen LogP contribution is -2.32. The molecule has 0 bridgehead atoms. The number of furan rings is 2. The molecule has 7 nitrogen and oxygen atoms in total. The molecule has 3 aromatic heterocycles. The smallest absolute Gasteiger partial charge is 0.287 e. The van der Waals surface area contributed by atoms with Crippen molar-refractivity contribution < 1.29 is 18.2 Å². The Bertz CT molecular complexity index is 746. The lowest BCUT2D eigenvalue weighted by molar-refractivity contribution is 0.0882. The number of nitrogens with one attached hydrogen (secondary N) is 1. The van der Waals surface area contributed by atoms with E-state index < -0.39 is 6.04 Å². The van der Waals surface area contributed by atoms with E-state index in [0.717, 1.165) is 6.42 Å². The zero-order chi connectivity index (χ0) is 16.2. The van der Waals surface area contributed by atoms with Gasteiger partial charge in [-0.05, 0) is 30.2 Å². The zero-order valence-electron chi connectivity index (χ0n) is 12.9. The van der Waals surface area contributed by atoms with E-state index in [-0.39, 0.29) is 17.6 Å². The van der Waals surface area contributed by atoms with Crippen molar-refractivity contribution >= 4 is 5.91 Å². The maximum Gasteiger partial charge on any atom is 0.287 e. The van der Waals surface area contributed by atoms with Crippen LogP contribution in [-0.2, 0) is 0 Å². The molecule has 3 rings (SSSR count). The highest BCUT2D eigenvalue weighted by Gasteiger charge is 2.28. The molecule has 0 aromatic carbocycles. The highest BCUT2D eigenvalue weighted by molar-refractivity contribution is 5.91. The van der Waals surface area contributed by atoms with Gasteiger partial charge in [0.05, 0.1) is 12.5 Å². The summed E-state index contributed by atoms with van der Waals surface area (Å²) in [7, 11) is 0. The first-order valence-corrected chi connectivity index (χ1v) is 7.41. The van der Waals surface area contributed by atoms with Crippen molar-refractivity contribution in [2.24, 2.45) is 5.92 Å². The average Bonchev–Trinajstić information content (AvgIpc) is 3.32. The molecule has 0 aliphatic rings. The number of hydrogen-bond acceptors (Lipinski definition) is 6. The van der Waals surface area contributed by atoms with Gasteiger partial charge in [0.2, 0.25) is 11.7 Å². The number of amides is 1. The minimum Gasteiger partial charge on any atom is -0.461 e. The first-order valence-electron chi connectivity index (χ1n) is 7.41. The standard InChI is InChI=1S/C16H17N3O4/c1-3-10(2)13(17-15(20)12-7-5-9-22-12)16-18-14(19-23-16)11-6-4-8-21-11/h4-10,13H,3H2,1-2H3,(H,17,20)/t10-,13+/m0/s1. The van der Waals surface area contributed by atoms with Crippen molar-refractivity contribution in [3.05, 3.63) is 48.4 Å². The van der Waals surface area contributed by atoms with Crippen molar-refractivity contribution in [2.45, 2.75) is 26.3 Å². The lowest BCUT2D eigenvalue weighted by atomic mass is 9.99. The molecule has 1 N–H and O–H groups in total. The van der Waals surface area contributed by atoms with E-state index in [1.54, 1.807) is 24.3 Å². The molecule has 1 amide bonds. The maximum atomic E-state index is 12.2. The fourth-order valence-electron chi connectivity index (χ4n) is 2.17. The molecule has 0 radical (unpaired) electrons. The maximum absolute atomic E-state index is 12.2. The van der Waals surface area contributed by atoms with E-state index in [2.05, 4.69) is 15.5 Å². The predicted octanol–water partition coefficient (Wildman–Crippen LogP) is 3.44. The van der Waals surface area contributed by atoms with Crippen molar-refractivity contribution in [3.8, 4) is 11.6 Å². The van der Waals surface area contributed by atoms with Crippen LogP contribution in [0.1, 0.15) is 42.8 Å². The Kier molecular flexibility index (Phi) is 4.27. The van der Waals surface area contributed by atoms with Crippen LogP contribution in [-0.4, -0.2) is 16.0 Å². The van der Waals surface area contributed by atoms with Gasteiger partial charge in [-0.1, -0.05) is 25.4 Å². The second-order valence-corrected chi connectivity index (χ2v) is 5.25. The van der Waals surface area contributed by atoms with Crippen LogP contribution in [0.3, 0.4) is 0 Å². The van der Waals surface area contributed by atoms with Crippen molar-refractivity contribution in [1.29, 1.82) is 0 Å². The summed E-state index contributed by atoms with van der Waals surface area (Å²) in [6, 6.07) is 6.35. The molecular weight excluding hydrogens is 298 g/mol. The third-order valence-electron chi connectivity index (χ3n) is 3.69. The van der Waals surface area contributed by atoms with Gasteiger partial charge in [0.25, 0.3) is 5.91 Å². The SMILES string of the molecule is CC[C@H](C)[C@@H](NC(=O)c1ccco1)c1nc(-c2ccco2)no1. The summed E-state index contributed by atoms with van der Waals surface area (Å²) in [6.07, 6.45) is 3.83. The van der Waals surface area contributed by atoms with Gasteiger partial charge in [-0.15, -0.1) is 0 Å². The molecule has 120 valence electrons. The van der Waals surface area contributed by atoms with E-state index in [9.17, 15) is 4.79 Å². The Morgan fingerprint density at radius 1 is 1.26 bits per heavy atom. The molecule has 23 heavy (non-hydrogen) atoms.